The summed E-state index contributed by atoms with van der Waals surface area (Å²) < 4.78 is 75.1. The van der Waals surface area contributed by atoms with E-state index in [0.29, 0.717) is 50.9 Å². The summed E-state index contributed by atoms with van der Waals surface area (Å²) in [6.07, 6.45) is -6.41. The topological polar surface area (TPSA) is 52.6 Å². The van der Waals surface area contributed by atoms with Crippen molar-refractivity contribution in [3.8, 4) is 0 Å². The number of likely N-dealkylation sites (tertiary alicyclic amines) is 1. The van der Waals surface area contributed by atoms with Gasteiger partial charge in [0, 0.05) is 18.5 Å². The summed E-state index contributed by atoms with van der Waals surface area (Å²) in [6.45, 7) is 3.09. The van der Waals surface area contributed by atoms with Crippen LogP contribution in [0.2, 0.25) is 0 Å². The summed E-state index contributed by atoms with van der Waals surface area (Å²) in [5, 5.41) is 7.38. The summed E-state index contributed by atoms with van der Waals surface area (Å²) >= 11 is 0.909. The Balaban J connectivity index is 0.00000450. The summed E-state index contributed by atoms with van der Waals surface area (Å²) in [6, 6.07) is 0. The third kappa shape index (κ3) is 9.98. The summed E-state index contributed by atoms with van der Waals surface area (Å²) in [7, 11) is 0. The molecule has 1 aromatic heterocycles. The lowest BCUT2D eigenvalue weighted by Gasteiger charge is -2.32. The van der Waals surface area contributed by atoms with Crippen molar-refractivity contribution < 1.29 is 26.3 Å². The molecule has 0 aliphatic carbocycles. The van der Waals surface area contributed by atoms with Crippen LogP contribution in [0.3, 0.4) is 0 Å². The molecule has 1 saturated heterocycles. The van der Waals surface area contributed by atoms with Gasteiger partial charge in [-0.25, -0.2) is 9.98 Å². The zero-order chi connectivity index (χ0) is 21.5. The van der Waals surface area contributed by atoms with Gasteiger partial charge in [-0.1, -0.05) is 0 Å². The van der Waals surface area contributed by atoms with Gasteiger partial charge in [0.15, 0.2) is 11.7 Å². The van der Waals surface area contributed by atoms with Crippen molar-refractivity contribution in [3.63, 3.8) is 0 Å². The minimum atomic E-state index is -4.46. The number of rotatable bonds is 7. The predicted molar refractivity (Wildman–Crippen MR) is 115 cm³/mol. The van der Waals surface area contributed by atoms with Gasteiger partial charge in [0.25, 0.3) is 0 Å². The molecule has 30 heavy (non-hydrogen) atoms. The van der Waals surface area contributed by atoms with Crippen molar-refractivity contribution in [2.24, 2.45) is 10.9 Å². The van der Waals surface area contributed by atoms with Crippen LogP contribution >= 0.6 is 35.3 Å². The molecule has 174 valence electrons. The Morgan fingerprint density at radius 3 is 2.40 bits per heavy atom. The first-order valence-electron chi connectivity index (χ1n) is 9.39. The van der Waals surface area contributed by atoms with Crippen LogP contribution in [-0.2, 0) is 12.7 Å². The van der Waals surface area contributed by atoms with Crippen LogP contribution in [0.4, 0.5) is 26.3 Å². The van der Waals surface area contributed by atoms with Gasteiger partial charge in [-0.3, -0.25) is 4.90 Å². The van der Waals surface area contributed by atoms with Crippen molar-refractivity contribution >= 4 is 41.3 Å². The van der Waals surface area contributed by atoms with Crippen LogP contribution < -0.4 is 10.6 Å². The van der Waals surface area contributed by atoms with Gasteiger partial charge in [0.05, 0.1) is 13.1 Å². The first kappa shape index (κ1) is 27.2. The van der Waals surface area contributed by atoms with Gasteiger partial charge in [0.2, 0.25) is 0 Å². The third-order valence-corrected chi connectivity index (χ3v) is 5.35. The minimum Gasteiger partial charge on any atom is -0.357 e. The number of nitrogens with zero attached hydrogens (tertiary/aromatic N) is 3. The lowest BCUT2D eigenvalue weighted by Crippen LogP contribution is -2.41. The lowest BCUT2D eigenvalue weighted by molar-refractivity contribution is -0.148. The Hall–Kier alpha value is -0.830. The molecular formula is C17H26F6IN5S. The van der Waals surface area contributed by atoms with E-state index in [4.69, 9.17) is 0 Å². The number of hydrogen-bond acceptors (Lipinski definition) is 4. The van der Waals surface area contributed by atoms with Crippen molar-refractivity contribution in [1.29, 1.82) is 0 Å². The highest BCUT2D eigenvalue weighted by Crippen LogP contribution is 2.30. The molecule has 0 bridgehead atoms. The number of aromatic nitrogens is 1. The quantitative estimate of drug-likeness (QED) is 0.219. The Morgan fingerprint density at radius 2 is 1.87 bits per heavy atom. The minimum absolute atomic E-state index is 0. The lowest BCUT2D eigenvalue weighted by atomic mass is 9.93. The molecule has 13 heteroatoms. The summed E-state index contributed by atoms with van der Waals surface area (Å²) in [5.41, 5.74) is -0.914. The number of piperidine rings is 1. The third-order valence-electron chi connectivity index (χ3n) is 4.51. The van der Waals surface area contributed by atoms with Gasteiger partial charge < -0.3 is 10.6 Å². The second-order valence-corrected chi connectivity index (χ2v) is 7.81. The van der Waals surface area contributed by atoms with E-state index < -0.39 is 24.6 Å². The maximum absolute atomic E-state index is 12.6. The standard InChI is InChI=1S/C17H25F6N5S.HI/c1-2-24-15(26-9-14-27-13(10-29-14)17(21,22)23)25-6-3-12-4-7-28(8-5-12)11-16(18,19)20;/h10,12H,2-9,11H2,1H3,(H2,24,25,26);1H. The maximum atomic E-state index is 12.6. The van der Waals surface area contributed by atoms with Crippen LogP contribution in [0.1, 0.15) is 36.9 Å². The van der Waals surface area contributed by atoms with Gasteiger partial charge in [-0.05, 0) is 45.2 Å². The fourth-order valence-corrected chi connectivity index (χ4v) is 3.81. The molecule has 0 aromatic carbocycles. The van der Waals surface area contributed by atoms with Crippen molar-refractivity contribution in [1.82, 2.24) is 20.5 Å². The van der Waals surface area contributed by atoms with Crippen LogP contribution in [0.5, 0.6) is 0 Å². The summed E-state index contributed by atoms with van der Waals surface area (Å²) in [4.78, 5) is 9.23. The molecule has 1 aliphatic rings. The monoisotopic (exact) mass is 573 g/mol. The van der Waals surface area contributed by atoms with Crippen molar-refractivity contribution in [3.05, 3.63) is 16.1 Å². The SMILES string of the molecule is CCNC(=NCc1nc(C(F)(F)F)cs1)NCCC1CCN(CC(F)(F)F)CC1.I. The number of aliphatic imine (C=N–C) groups is 1. The Kier molecular flexibility index (Phi) is 11.1. The molecule has 2 heterocycles. The number of alkyl halides is 6. The molecule has 0 spiro atoms. The van der Waals surface area contributed by atoms with E-state index in [2.05, 4.69) is 20.6 Å². The van der Waals surface area contributed by atoms with E-state index in [-0.39, 0.29) is 35.5 Å². The second-order valence-electron chi connectivity index (χ2n) is 6.87. The highest BCUT2D eigenvalue weighted by Gasteiger charge is 2.34. The predicted octanol–water partition coefficient (Wildman–Crippen LogP) is 4.50. The molecule has 1 fully saturated rings. The number of halogens is 7. The second kappa shape index (κ2) is 12.3. The smallest absolute Gasteiger partial charge is 0.357 e. The van der Waals surface area contributed by atoms with Crippen molar-refractivity contribution in [2.45, 2.75) is 45.1 Å². The van der Waals surface area contributed by atoms with Gasteiger partial charge in [-0.2, -0.15) is 26.3 Å². The summed E-state index contributed by atoms with van der Waals surface area (Å²) in [5.74, 6) is 0.814. The maximum Gasteiger partial charge on any atom is 0.434 e. The Bertz CT molecular complexity index is 656. The molecule has 2 rings (SSSR count). The number of nitrogens with one attached hydrogen (secondary N) is 2. The molecule has 0 amide bonds. The van der Waals surface area contributed by atoms with Crippen LogP contribution in [0.25, 0.3) is 0 Å². The van der Waals surface area contributed by atoms with E-state index in [1.165, 1.54) is 4.90 Å². The van der Waals surface area contributed by atoms with E-state index in [1.807, 2.05) is 6.92 Å². The van der Waals surface area contributed by atoms with Crippen LogP contribution in [0, 0.1) is 5.92 Å². The van der Waals surface area contributed by atoms with Gasteiger partial charge in [0.1, 0.15) is 5.01 Å². The van der Waals surface area contributed by atoms with E-state index in [9.17, 15) is 26.3 Å². The number of hydrogen-bond donors (Lipinski definition) is 2. The normalized spacial score (nSPS) is 17.0. The Labute approximate surface area is 192 Å². The molecule has 0 unspecified atom stereocenters. The van der Waals surface area contributed by atoms with E-state index in [0.717, 1.165) is 23.1 Å². The average Bonchev–Trinajstić information content (AvgIpc) is 3.09. The van der Waals surface area contributed by atoms with Gasteiger partial charge in [-0.15, -0.1) is 35.3 Å². The first-order chi connectivity index (χ1) is 13.6. The van der Waals surface area contributed by atoms with E-state index in [1.54, 1.807) is 0 Å². The molecule has 1 aromatic rings. The molecule has 2 N–H and O–H groups in total. The van der Waals surface area contributed by atoms with Gasteiger partial charge >= 0.3 is 12.4 Å². The molecule has 0 radical (unpaired) electrons. The zero-order valence-corrected chi connectivity index (χ0v) is 19.6. The van der Waals surface area contributed by atoms with Crippen LogP contribution in [-0.4, -0.2) is 54.7 Å². The first-order valence-corrected chi connectivity index (χ1v) is 10.3. The van der Waals surface area contributed by atoms with Crippen LogP contribution in [0.15, 0.2) is 10.4 Å². The molecule has 0 atom stereocenters. The number of thiazole rings is 1. The fourth-order valence-electron chi connectivity index (χ4n) is 3.08. The van der Waals surface area contributed by atoms with Crippen molar-refractivity contribution in [2.75, 3.05) is 32.7 Å². The zero-order valence-electron chi connectivity index (χ0n) is 16.4. The molecule has 0 saturated carbocycles. The van der Waals surface area contributed by atoms with E-state index >= 15 is 0 Å². The highest BCUT2D eigenvalue weighted by atomic mass is 127. The molecule has 1 aliphatic heterocycles. The number of guanidine groups is 1. The molecular weight excluding hydrogens is 547 g/mol. The highest BCUT2D eigenvalue weighted by molar-refractivity contribution is 14.0. The fraction of sp³-hybridized carbons (Fsp3) is 0.765. The molecule has 5 nitrogen and oxygen atoms in total. The largest absolute Gasteiger partial charge is 0.434 e. The Morgan fingerprint density at radius 1 is 1.20 bits per heavy atom. The average molecular weight is 573 g/mol.